The molecule has 1 aliphatic rings. The second kappa shape index (κ2) is 6.77. The summed E-state index contributed by atoms with van der Waals surface area (Å²) in [6.07, 6.45) is 3.18. The average molecular weight is 332 g/mol. The Morgan fingerprint density at radius 2 is 1.86 bits per heavy atom. The van der Waals surface area contributed by atoms with Crippen LogP contribution in [0.4, 0.5) is 0 Å². The Labute approximate surface area is 129 Å². The maximum Gasteiger partial charge on any atom is 0.306 e. The van der Waals surface area contributed by atoms with Crippen LogP contribution < -0.4 is 4.72 Å². The van der Waals surface area contributed by atoms with Gasteiger partial charge in [0.05, 0.1) is 10.8 Å². The standard InChI is InChI=1S/C14H18ClNO4S/c15-11-5-7-12(8-6-11)21(19,20)16-9-10-3-1-2-4-13(10)14(17)18/h5-8,10,13,16H,1-4,9H2,(H,17,18)/t10-,13-/m0/s1. The van der Waals surface area contributed by atoms with Crippen LogP contribution in [0.15, 0.2) is 29.2 Å². The maximum absolute atomic E-state index is 12.2. The molecule has 1 aromatic carbocycles. The number of benzene rings is 1. The van der Waals surface area contributed by atoms with E-state index in [0.717, 1.165) is 19.3 Å². The molecule has 0 amide bonds. The molecule has 0 spiro atoms. The first-order chi connectivity index (χ1) is 9.90. The minimum absolute atomic E-state index is 0.134. The fraction of sp³-hybridized carbons (Fsp3) is 0.500. The molecule has 0 saturated heterocycles. The van der Waals surface area contributed by atoms with Crippen LogP contribution in [0.1, 0.15) is 25.7 Å². The second-order valence-corrected chi connectivity index (χ2v) is 7.50. The van der Waals surface area contributed by atoms with E-state index < -0.39 is 21.9 Å². The molecule has 1 aliphatic carbocycles. The average Bonchev–Trinajstić information content (AvgIpc) is 2.46. The van der Waals surface area contributed by atoms with E-state index in [9.17, 15) is 18.3 Å². The smallest absolute Gasteiger partial charge is 0.306 e. The Kier molecular flexibility index (Phi) is 5.24. The fourth-order valence-electron chi connectivity index (χ4n) is 2.69. The third kappa shape index (κ3) is 4.18. The van der Waals surface area contributed by atoms with Gasteiger partial charge >= 0.3 is 5.97 Å². The van der Waals surface area contributed by atoms with Crippen LogP contribution >= 0.6 is 11.6 Å². The van der Waals surface area contributed by atoms with Crippen LogP contribution in [0.25, 0.3) is 0 Å². The predicted octanol–water partition coefficient (Wildman–Crippen LogP) is 2.51. The molecular formula is C14H18ClNO4S. The highest BCUT2D eigenvalue weighted by molar-refractivity contribution is 7.89. The molecule has 1 saturated carbocycles. The highest BCUT2D eigenvalue weighted by Crippen LogP contribution is 2.30. The molecule has 2 N–H and O–H groups in total. The normalized spacial score (nSPS) is 22.9. The van der Waals surface area contributed by atoms with Gasteiger partial charge in [0.25, 0.3) is 0 Å². The molecular weight excluding hydrogens is 314 g/mol. The van der Waals surface area contributed by atoms with Gasteiger partial charge in [-0.25, -0.2) is 13.1 Å². The van der Waals surface area contributed by atoms with Crippen molar-refractivity contribution in [1.82, 2.24) is 4.72 Å². The first kappa shape index (κ1) is 16.3. The third-order valence-corrected chi connectivity index (χ3v) is 5.58. The van der Waals surface area contributed by atoms with Gasteiger partial charge < -0.3 is 5.11 Å². The highest BCUT2D eigenvalue weighted by Gasteiger charge is 2.31. The van der Waals surface area contributed by atoms with Gasteiger partial charge in [-0.05, 0) is 43.0 Å². The van der Waals surface area contributed by atoms with Crippen molar-refractivity contribution < 1.29 is 18.3 Å². The van der Waals surface area contributed by atoms with Crippen molar-refractivity contribution in [2.24, 2.45) is 11.8 Å². The lowest BCUT2D eigenvalue weighted by atomic mass is 9.79. The number of rotatable bonds is 5. The van der Waals surface area contributed by atoms with E-state index in [1.54, 1.807) is 0 Å². The van der Waals surface area contributed by atoms with E-state index in [-0.39, 0.29) is 17.4 Å². The Morgan fingerprint density at radius 1 is 1.24 bits per heavy atom. The van der Waals surface area contributed by atoms with Gasteiger partial charge in [-0.1, -0.05) is 24.4 Å². The van der Waals surface area contributed by atoms with Gasteiger partial charge in [0, 0.05) is 11.6 Å². The van der Waals surface area contributed by atoms with Gasteiger partial charge in [0.15, 0.2) is 0 Å². The second-order valence-electron chi connectivity index (χ2n) is 5.30. The molecule has 0 radical (unpaired) electrons. The van der Waals surface area contributed by atoms with Crippen LogP contribution in [0.5, 0.6) is 0 Å². The molecule has 0 heterocycles. The SMILES string of the molecule is O=C(O)[C@H]1CCCC[C@H]1CNS(=O)(=O)c1ccc(Cl)cc1. The van der Waals surface area contributed by atoms with E-state index in [1.165, 1.54) is 24.3 Å². The highest BCUT2D eigenvalue weighted by atomic mass is 35.5. The fourth-order valence-corrected chi connectivity index (χ4v) is 3.91. The van der Waals surface area contributed by atoms with Gasteiger partial charge in [-0.2, -0.15) is 0 Å². The number of hydrogen-bond acceptors (Lipinski definition) is 3. The van der Waals surface area contributed by atoms with E-state index >= 15 is 0 Å². The number of nitrogens with one attached hydrogen (secondary N) is 1. The van der Waals surface area contributed by atoms with Crippen molar-refractivity contribution in [3.8, 4) is 0 Å². The Bertz CT molecular complexity index is 600. The van der Waals surface area contributed by atoms with E-state index in [4.69, 9.17) is 11.6 Å². The molecule has 1 fully saturated rings. The minimum Gasteiger partial charge on any atom is -0.481 e. The summed E-state index contributed by atoms with van der Waals surface area (Å²) in [5, 5.41) is 9.66. The quantitative estimate of drug-likeness (QED) is 0.868. The van der Waals surface area contributed by atoms with Crippen LogP contribution in [-0.4, -0.2) is 26.0 Å². The summed E-state index contributed by atoms with van der Waals surface area (Å²) in [6.45, 7) is 0.155. The number of carboxylic acids is 1. The molecule has 0 unspecified atom stereocenters. The van der Waals surface area contributed by atoms with Crippen LogP contribution in [-0.2, 0) is 14.8 Å². The molecule has 2 rings (SSSR count). The number of carbonyl (C=O) groups is 1. The number of aliphatic carboxylic acids is 1. The van der Waals surface area contributed by atoms with Crippen LogP contribution in [0.3, 0.4) is 0 Å². The predicted molar refractivity (Wildman–Crippen MR) is 79.7 cm³/mol. The number of hydrogen-bond donors (Lipinski definition) is 2. The Hall–Kier alpha value is -1.11. The van der Waals surface area contributed by atoms with Crippen molar-refractivity contribution >= 4 is 27.6 Å². The lowest BCUT2D eigenvalue weighted by molar-refractivity contribution is -0.144. The molecule has 0 bridgehead atoms. The van der Waals surface area contributed by atoms with Gasteiger partial charge in [0.1, 0.15) is 0 Å². The monoisotopic (exact) mass is 331 g/mol. The molecule has 116 valence electrons. The lowest BCUT2D eigenvalue weighted by Crippen LogP contribution is -2.37. The molecule has 1 aromatic rings. The van der Waals surface area contributed by atoms with Crippen molar-refractivity contribution in [3.05, 3.63) is 29.3 Å². The summed E-state index contributed by atoms with van der Waals surface area (Å²) in [7, 11) is -3.63. The summed E-state index contributed by atoms with van der Waals surface area (Å²) in [5.41, 5.74) is 0. The number of halogens is 1. The van der Waals surface area contributed by atoms with E-state index in [0.29, 0.717) is 11.4 Å². The number of sulfonamides is 1. The minimum atomic E-state index is -3.63. The van der Waals surface area contributed by atoms with Crippen molar-refractivity contribution in [2.45, 2.75) is 30.6 Å². The first-order valence-electron chi connectivity index (χ1n) is 6.88. The maximum atomic E-state index is 12.2. The zero-order chi connectivity index (χ0) is 15.5. The van der Waals surface area contributed by atoms with Crippen LogP contribution in [0.2, 0.25) is 5.02 Å². The first-order valence-corrected chi connectivity index (χ1v) is 8.74. The lowest BCUT2D eigenvalue weighted by Gasteiger charge is -2.28. The molecule has 0 aromatic heterocycles. The summed E-state index contributed by atoms with van der Waals surface area (Å²) in [5.74, 6) is -1.46. The molecule has 5 nitrogen and oxygen atoms in total. The van der Waals surface area contributed by atoms with Gasteiger partial charge in [-0.15, -0.1) is 0 Å². The zero-order valence-corrected chi connectivity index (χ0v) is 13.0. The van der Waals surface area contributed by atoms with E-state index in [2.05, 4.69) is 4.72 Å². The van der Waals surface area contributed by atoms with Gasteiger partial charge in [0.2, 0.25) is 10.0 Å². The van der Waals surface area contributed by atoms with Crippen molar-refractivity contribution in [3.63, 3.8) is 0 Å². The molecule has 0 aliphatic heterocycles. The molecule has 2 atom stereocenters. The summed E-state index contributed by atoms with van der Waals surface area (Å²) >= 11 is 5.73. The van der Waals surface area contributed by atoms with Crippen molar-refractivity contribution in [1.29, 1.82) is 0 Å². The largest absolute Gasteiger partial charge is 0.481 e. The summed E-state index contributed by atoms with van der Waals surface area (Å²) in [4.78, 5) is 11.3. The molecule has 7 heteroatoms. The summed E-state index contributed by atoms with van der Waals surface area (Å²) < 4.78 is 26.8. The Balaban J connectivity index is 2.03. The van der Waals surface area contributed by atoms with E-state index in [1.807, 2.05) is 0 Å². The van der Waals surface area contributed by atoms with Gasteiger partial charge in [-0.3, -0.25) is 4.79 Å². The Morgan fingerprint density at radius 3 is 2.48 bits per heavy atom. The zero-order valence-electron chi connectivity index (χ0n) is 11.5. The summed E-state index contributed by atoms with van der Waals surface area (Å²) in [6, 6.07) is 5.88. The van der Waals surface area contributed by atoms with Crippen LogP contribution in [0, 0.1) is 11.8 Å². The molecule has 21 heavy (non-hydrogen) atoms. The number of carboxylic acid groups (broad SMARTS) is 1. The van der Waals surface area contributed by atoms with Crippen molar-refractivity contribution in [2.75, 3.05) is 6.54 Å². The topological polar surface area (TPSA) is 83.5 Å². The third-order valence-electron chi connectivity index (χ3n) is 3.89.